The summed E-state index contributed by atoms with van der Waals surface area (Å²) in [5, 5.41) is 3.01. The van der Waals surface area contributed by atoms with Crippen molar-refractivity contribution >= 4 is 29.9 Å². The predicted molar refractivity (Wildman–Crippen MR) is 106 cm³/mol. The van der Waals surface area contributed by atoms with Crippen molar-refractivity contribution in [3.63, 3.8) is 0 Å². The molecule has 2 fully saturated rings. The van der Waals surface area contributed by atoms with Gasteiger partial charge in [-0.05, 0) is 50.3 Å². The minimum atomic E-state index is -0.422. The van der Waals surface area contributed by atoms with Crippen LogP contribution < -0.4 is 11.1 Å². The molecule has 2 aliphatic carbocycles. The normalized spacial score (nSPS) is 25.1. The molecule has 6 heteroatoms. The maximum Gasteiger partial charge on any atom is 0.229 e. The van der Waals surface area contributed by atoms with Crippen LogP contribution in [0.25, 0.3) is 0 Å². The summed E-state index contributed by atoms with van der Waals surface area (Å²) in [6.07, 6.45) is 6.11. The highest BCUT2D eigenvalue weighted by atomic mass is 35.5. The molecule has 144 valence electrons. The third kappa shape index (κ3) is 4.98. The maximum atomic E-state index is 12.6. The van der Waals surface area contributed by atoms with Crippen molar-refractivity contribution in [2.45, 2.75) is 70.5 Å². The van der Waals surface area contributed by atoms with Crippen LogP contribution in [0.15, 0.2) is 24.3 Å². The monoisotopic (exact) mass is 379 g/mol. The number of amides is 2. The minimum Gasteiger partial charge on any atom is -0.336 e. The zero-order valence-electron chi connectivity index (χ0n) is 15.7. The average molecular weight is 380 g/mol. The number of benzene rings is 1. The van der Waals surface area contributed by atoms with Gasteiger partial charge in [0.05, 0.1) is 5.92 Å². The van der Waals surface area contributed by atoms with E-state index < -0.39 is 5.54 Å². The van der Waals surface area contributed by atoms with Crippen molar-refractivity contribution in [1.29, 1.82) is 0 Å². The molecule has 3 N–H and O–H groups in total. The Kier molecular flexibility index (Phi) is 6.69. The van der Waals surface area contributed by atoms with Gasteiger partial charge in [0.1, 0.15) is 0 Å². The van der Waals surface area contributed by atoms with E-state index in [1.807, 2.05) is 36.1 Å². The van der Waals surface area contributed by atoms with Crippen LogP contribution in [-0.4, -0.2) is 28.3 Å². The number of rotatable bonds is 5. The van der Waals surface area contributed by atoms with E-state index >= 15 is 0 Å². The van der Waals surface area contributed by atoms with E-state index in [1.165, 1.54) is 0 Å². The Bertz CT molecular complexity index is 641. The number of carbonyl (C=O) groups is 2. The number of halogens is 1. The maximum absolute atomic E-state index is 12.6. The molecule has 0 radical (unpaired) electrons. The van der Waals surface area contributed by atoms with Crippen molar-refractivity contribution in [2.24, 2.45) is 11.7 Å². The summed E-state index contributed by atoms with van der Waals surface area (Å²) in [6, 6.07) is 8.20. The summed E-state index contributed by atoms with van der Waals surface area (Å²) in [7, 11) is 0. The van der Waals surface area contributed by atoms with Crippen molar-refractivity contribution < 1.29 is 9.59 Å². The topological polar surface area (TPSA) is 75.4 Å². The van der Waals surface area contributed by atoms with Crippen LogP contribution >= 0.6 is 12.4 Å². The fraction of sp³-hybridized carbons (Fsp3) is 0.600. The van der Waals surface area contributed by atoms with Gasteiger partial charge in [0.25, 0.3) is 0 Å². The molecule has 2 atom stereocenters. The van der Waals surface area contributed by atoms with Crippen molar-refractivity contribution in [2.75, 3.05) is 5.32 Å². The summed E-state index contributed by atoms with van der Waals surface area (Å²) in [5.41, 5.74) is 7.77. The fourth-order valence-corrected chi connectivity index (χ4v) is 3.79. The molecule has 0 heterocycles. The molecule has 0 aromatic heterocycles. The molecule has 5 nitrogen and oxygen atoms in total. The zero-order chi connectivity index (χ0) is 18.0. The van der Waals surface area contributed by atoms with Crippen LogP contribution in [0.1, 0.15) is 57.9 Å². The second kappa shape index (κ2) is 8.40. The van der Waals surface area contributed by atoms with E-state index in [2.05, 4.69) is 5.32 Å². The van der Waals surface area contributed by atoms with Crippen molar-refractivity contribution in [3.8, 4) is 0 Å². The second-order valence-corrected chi connectivity index (χ2v) is 7.87. The van der Waals surface area contributed by atoms with Crippen LogP contribution in [0.4, 0.5) is 5.69 Å². The highest BCUT2D eigenvalue weighted by molar-refractivity contribution is 5.93. The first kappa shape index (κ1) is 20.7. The molecule has 0 saturated heterocycles. The standard InChI is InChI=1S/C20H29N3O2.ClH/c1-14(24)23(17-10-11-17)13-15-6-8-16(9-7-15)22-19(25)18-5-3-4-12-20(18,2)21;/h6-9,17-18H,3-5,10-13,21H2,1-2H3,(H,22,25);1H. The lowest BCUT2D eigenvalue weighted by Crippen LogP contribution is -2.51. The van der Waals surface area contributed by atoms with E-state index in [-0.39, 0.29) is 30.1 Å². The summed E-state index contributed by atoms with van der Waals surface area (Å²) in [6.45, 7) is 4.24. The van der Waals surface area contributed by atoms with Gasteiger partial charge in [0.2, 0.25) is 11.8 Å². The number of nitrogens with zero attached hydrogens (tertiary/aromatic N) is 1. The van der Waals surface area contributed by atoms with Gasteiger partial charge in [-0.3, -0.25) is 9.59 Å². The Balaban J connectivity index is 0.00000243. The van der Waals surface area contributed by atoms with E-state index in [0.29, 0.717) is 12.6 Å². The molecule has 1 aromatic rings. The molecule has 26 heavy (non-hydrogen) atoms. The van der Waals surface area contributed by atoms with Gasteiger partial charge in [0, 0.05) is 30.7 Å². The Hall–Kier alpha value is -1.59. The van der Waals surface area contributed by atoms with Crippen LogP contribution in [0.2, 0.25) is 0 Å². The number of nitrogens with one attached hydrogen (secondary N) is 1. The smallest absolute Gasteiger partial charge is 0.229 e. The molecule has 2 aliphatic rings. The Morgan fingerprint density at radius 3 is 2.38 bits per heavy atom. The SMILES string of the molecule is CC(=O)N(Cc1ccc(NC(=O)C2CCCCC2(C)N)cc1)C1CC1.Cl. The van der Waals surface area contributed by atoms with Crippen LogP contribution in [0.3, 0.4) is 0 Å². The van der Waals surface area contributed by atoms with Gasteiger partial charge in [-0.25, -0.2) is 0 Å². The molecule has 2 amide bonds. The van der Waals surface area contributed by atoms with Gasteiger partial charge in [-0.1, -0.05) is 25.0 Å². The highest BCUT2D eigenvalue weighted by Gasteiger charge is 2.37. The number of carbonyl (C=O) groups excluding carboxylic acids is 2. The molecule has 2 saturated carbocycles. The van der Waals surface area contributed by atoms with Crippen LogP contribution in [0, 0.1) is 5.92 Å². The fourth-order valence-electron chi connectivity index (χ4n) is 3.79. The van der Waals surface area contributed by atoms with Gasteiger partial charge in [-0.15, -0.1) is 12.4 Å². The largest absolute Gasteiger partial charge is 0.336 e. The summed E-state index contributed by atoms with van der Waals surface area (Å²) in [4.78, 5) is 26.3. The van der Waals surface area contributed by atoms with Gasteiger partial charge < -0.3 is 16.0 Å². The lowest BCUT2D eigenvalue weighted by molar-refractivity contribution is -0.130. The van der Waals surface area contributed by atoms with E-state index in [9.17, 15) is 9.59 Å². The number of hydrogen-bond donors (Lipinski definition) is 2. The molecule has 1 aromatic carbocycles. The molecular weight excluding hydrogens is 350 g/mol. The van der Waals surface area contributed by atoms with Crippen LogP contribution in [-0.2, 0) is 16.1 Å². The molecule has 0 spiro atoms. The third-order valence-electron chi connectivity index (χ3n) is 5.54. The van der Waals surface area contributed by atoms with E-state index in [1.54, 1.807) is 6.92 Å². The molecule has 0 aliphatic heterocycles. The summed E-state index contributed by atoms with van der Waals surface area (Å²) in [5.74, 6) is 0.00389. The highest BCUT2D eigenvalue weighted by Crippen LogP contribution is 2.32. The predicted octanol–water partition coefficient (Wildman–Crippen LogP) is 3.47. The first-order chi connectivity index (χ1) is 11.9. The Morgan fingerprint density at radius 1 is 1.19 bits per heavy atom. The first-order valence-electron chi connectivity index (χ1n) is 9.33. The number of anilines is 1. The van der Waals surface area contributed by atoms with Crippen molar-refractivity contribution in [1.82, 2.24) is 4.90 Å². The molecular formula is C20H30ClN3O2. The number of hydrogen-bond acceptors (Lipinski definition) is 3. The van der Waals surface area contributed by atoms with Gasteiger partial charge in [-0.2, -0.15) is 0 Å². The van der Waals surface area contributed by atoms with E-state index in [4.69, 9.17) is 5.73 Å². The molecule has 2 unspecified atom stereocenters. The quantitative estimate of drug-likeness (QED) is 0.822. The second-order valence-electron chi connectivity index (χ2n) is 7.87. The van der Waals surface area contributed by atoms with Gasteiger partial charge >= 0.3 is 0 Å². The lowest BCUT2D eigenvalue weighted by Gasteiger charge is -2.37. The third-order valence-corrected chi connectivity index (χ3v) is 5.54. The average Bonchev–Trinajstić information content (AvgIpc) is 3.38. The lowest BCUT2D eigenvalue weighted by atomic mass is 9.74. The first-order valence-corrected chi connectivity index (χ1v) is 9.33. The number of nitrogens with two attached hydrogens (primary N) is 1. The Labute approximate surface area is 162 Å². The van der Waals surface area contributed by atoms with Crippen molar-refractivity contribution in [3.05, 3.63) is 29.8 Å². The van der Waals surface area contributed by atoms with Gasteiger partial charge in [0.15, 0.2) is 0 Å². The summed E-state index contributed by atoms with van der Waals surface area (Å²) < 4.78 is 0. The Morgan fingerprint density at radius 2 is 1.85 bits per heavy atom. The van der Waals surface area contributed by atoms with Crippen LogP contribution in [0.5, 0.6) is 0 Å². The molecule has 3 rings (SSSR count). The minimum absolute atomic E-state index is 0. The van der Waals surface area contributed by atoms with E-state index in [0.717, 1.165) is 49.8 Å². The zero-order valence-corrected chi connectivity index (χ0v) is 16.5. The summed E-state index contributed by atoms with van der Waals surface area (Å²) >= 11 is 0. The molecule has 0 bridgehead atoms.